The molecule has 1 aromatic heterocycles. The van der Waals surface area contributed by atoms with Crippen LogP contribution in [-0.2, 0) is 25.9 Å². The van der Waals surface area contributed by atoms with Crippen molar-refractivity contribution in [2.24, 2.45) is 0 Å². The van der Waals surface area contributed by atoms with E-state index in [1.54, 1.807) is 19.1 Å². The summed E-state index contributed by atoms with van der Waals surface area (Å²) in [6, 6.07) is 3.20. The van der Waals surface area contributed by atoms with Gasteiger partial charge in [0.15, 0.2) is 14.6 Å². The number of nitrogens with zero attached hydrogens (tertiary/aromatic N) is 2. The summed E-state index contributed by atoms with van der Waals surface area (Å²) in [6.45, 7) is 3.17. The molecule has 0 aliphatic rings. The Labute approximate surface area is 148 Å². The number of carbonyl (C=O) groups excluding carboxylic acids is 1. The van der Waals surface area contributed by atoms with Crippen LogP contribution in [0.25, 0.3) is 10.9 Å². The van der Waals surface area contributed by atoms with E-state index < -0.39 is 26.4 Å². The largest absolute Gasteiger partial charge is 0.465 e. The second-order valence-electron chi connectivity index (χ2n) is 5.66. The molecule has 0 fully saturated rings. The third-order valence-corrected chi connectivity index (χ3v) is 6.59. The average molecular weight is 421 g/mol. The van der Waals surface area contributed by atoms with E-state index in [4.69, 9.17) is 4.74 Å². The molecule has 2 aromatic rings. The van der Waals surface area contributed by atoms with Gasteiger partial charge in [0.05, 0.1) is 22.0 Å². The maximum Gasteiger partial charge on any atom is 0.327 e. The van der Waals surface area contributed by atoms with Crippen molar-refractivity contribution in [3.05, 3.63) is 28.6 Å². The maximum atomic E-state index is 14.0. The number of aromatic nitrogens is 2. The minimum atomic E-state index is -3.70. The fraction of sp³-hybridized carbons (Fsp3) is 0.467. The van der Waals surface area contributed by atoms with Gasteiger partial charge in [-0.1, -0.05) is 0 Å². The van der Waals surface area contributed by atoms with Gasteiger partial charge in [-0.2, -0.15) is 5.10 Å². The number of sulfone groups is 1. The Balaban J connectivity index is 2.30. The fourth-order valence-electron chi connectivity index (χ4n) is 2.25. The number of halogens is 2. The summed E-state index contributed by atoms with van der Waals surface area (Å²) in [7, 11) is -3.70. The summed E-state index contributed by atoms with van der Waals surface area (Å²) in [6.07, 6.45) is 2.46. The van der Waals surface area contributed by atoms with Crippen molar-refractivity contribution in [3.63, 3.8) is 0 Å². The Kier molecular flexibility index (Phi) is 5.34. The van der Waals surface area contributed by atoms with Crippen LogP contribution in [0.3, 0.4) is 0 Å². The molecule has 0 radical (unpaired) electrons. The van der Waals surface area contributed by atoms with E-state index in [2.05, 4.69) is 21.0 Å². The lowest BCUT2D eigenvalue weighted by Crippen LogP contribution is -2.45. The fourth-order valence-corrected chi connectivity index (χ4v) is 3.42. The molecule has 0 saturated carbocycles. The molecule has 9 heteroatoms. The number of ether oxygens (including phenoxy) is 1. The van der Waals surface area contributed by atoms with Crippen LogP contribution < -0.4 is 0 Å². The molecule has 2 rings (SSSR count). The zero-order chi connectivity index (χ0) is 18.1. The van der Waals surface area contributed by atoms with Gasteiger partial charge in [-0.05, 0) is 48.3 Å². The molecule has 0 N–H and O–H groups in total. The third-order valence-electron chi connectivity index (χ3n) is 3.97. The van der Waals surface area contributed by atoms with E-state index in [1.807, 2.05) is 0 Å². The molecule has 0 saturated heterocycles. The van der Waals surface area contributed by atoms with Gasteiger partial charge in [-0.25, -0.2) is 12.8 Å². The number of benzene rings is 1. The summed E-state index contributed by atoms with van der Waals surface area (Å²) in [5.74, 6) is -1.23. The monoisotopic (exact) mass is 420 g/mol. The van der Waals surface area contributed by atoms with Crippen molar-refractivity contribution in [2.75, 3.05) is 12.9 Å². The Morgan fingerprint density at radius 2 is 2.12 bits per heavy atom. The molecule has 6 nitrogen and oxygen atoms in total. The Hall–Kier alpha value is -1.48. The number of esters is 1. The van der Waals surface area contributed by atoms with Crippen LogP contribution >= 0.6 is 15.9 Å². The van der Waals surface area contributed by atoms with Crippen LogP contribution in [-0.4, -0.2) is 41.8 Å². The normalized spacial score (nSPS) is 14.5. The highest BCUT2D eigenvalue weighted by Crippen LogP contribution is 2.26. The van der Waals surface area contributed by atoms with Gasteiger partial charge in [0, 0.05) is 19.0 Å². The van der Waals surface area contributed by atoms with Gasteiger partial charge in [-0.3, -0.25) is 9.48 Å². The van der Waals surface area contributed by atoms with Crippen LogP contribution in [0.4, 0.5) is 4.39 Å². The van der Waals surface area contributed by atoms with Crippen LogP contribution in [0.15, 0.2) is 22.8 Å². The average Bonchev–Trinajstić information content (AvgIpc) is 2.91. The zero-order valence-corrected chi connectivity index (χ0v) is 15.9. The highest BCUT2D eigenvalue weighted by molar-refractivity contribution is 9.10. The Bertz CT molecular complexity index is 881. The summed E-state index contributed by atoms with van der Waals surface area (Å²) in [5, 5.41) is 4.53. The molecule has 24 heavy (non-hydrogen) atoms. The van der Waals surface area contributed by atoms with E-state index in [0.717, 1.165) is 6.26 Å². The molecular weight excluding hydrogens is 403 g/mol. The molecule has 0 unspecified atom stereocenters. The van der Waals surface area contributed by atoms with Crippen LogP contribution in [0, 0.1) is 5.82 Å². The van der Waals surface area contributed by atoms with Crippen molar-refractivity contribution in [3.8, 4) is 0 Å². The molecule has 1 aromatic carbocycles. The summed E-state index contributed by atoms with van der Waals surface area (Å²) >= 11 is 3.11. The first-order valence-electron chi connectivity index (χ1n) is 7.28. The highest BCUT2D eigenvalue weighted by Gasteiger charge is 2.44. The summed E-state index contributed by atoms with van der Waals surface area (Å²) in [5.41, 5.74) is 0.452. The second-order valence-corrected chi connectivity index (χ2v) is 8.96. The number of hydrogen-bond donors (Lipinski definition) is 0. The van der Waals surface area contributed by atoms with Crippen molar-refractivity contribution in [2.45, 2.75) is 31.6 Å². The second kappa shape index (κ2) is 6.79. The summed E-state index contributed by atoms with van der Waals surface area (Å²) < 4.78 is 43.1. The Morgan fingerprint density at radius 1 is 1.46 bits per heavy atom. The van der Waals surface area contributed by atoms with Gasteiger partial charge in [-0.15, -0.1) is 0 Å². The van der Waals surface area contributed by atoms with Gasteiger partial charge >= 0.3 is 5.97 Å². The van der Waals surface area contributed by atoms with E-state index in [0.29, 0.717) is 15.4 Å². The van der Waals surface area contributed by atoms with Crippen LogP contribution in [0.2, 0.25) is 0 Å². The van der Waals surface area contributed by atoms with E-state index in [9.17, 15) is 17.6 Å². The van der Waals surface area contributed by atoms with Crippen molar-refractivity contribution >= 4 is 42.6 Å². The van der Waals surface area contributed by atoms with Crippen LogP contribution in [0.5, 0.6) is 0 Å². The van der Waals surface area contributed by atoms with Crippen molar-refractivity contribution in [1.29, 1.82) is 0 Å². The number of carbonyl (C=O) groups is 1. The lowest BCUT2D eigenvalue weighted by molar-refractivity contribution is -0.146. The number of aryl methyl sites for hydroxylation is 1. The molecule has 0 amide bonds. The van der Waals surface area contributed by atoms with Crippen molar-refractivity contribution < 1.29 is 22.3 Å². The SMILES string of the molecule is CCOC(=O)[C@@](C)(CCn1cc2c(F)c(Br)ccc2n1)S(C)(=O)=O. The molecule has 0 aliphatic heterocycles. The topological polar surface area (TPSA) is 78.3 Å². The molecule has 1 heterocycles. The third kappa shape index (κ3) is 3.46. The zero-order valence-electron chi connectivity index (χ0n) is 13.5. The smallest absolute Gasteiger partial charge is 0.327 e. The predicted molar refractivity (Wildman–Crippen MR) is 91.9 cm³/mol. The molecule has 0 aliphatic carbocycles. The minimum Gasteiger partial charge on any atom is -0.465 e. The highest BCUT2D eigenvalue weighted by atomic mass is 79.9. The number of hydrogen-bond acceptors (Lipinski definition) is 5. The van der Waals surface area contributed by atoms with Crippen molar-refractivity contribution in [1.82, 2.24) is 9.78 Å². The number of fused-ring (bicyclic) bond motifs is 1. The molecule has 1 atom stereocenters. The van der Waals surface area contributed by atoms with Gasteiger partial charge in [0.2, 0.25) is 0 Å². The number of rotatable bonds is 6. The first-order valence-corrected chi connectivity index (χ1v) is 9.96. The summed E-state index contributed by atoms with van der Waals surface area (Å²) in [4.78, 5) is 12.1. The van der Waals surface area contributed by atoms with E-state index in [-0.39, 0.29) is 19.6 Å². The molecule has 0 bridgehead atoms. The lowest BCUT2D eigenvalue weighted by Gasteiger charge is -2.25. The minimum absolute atomic E-state index is 0.0263. The lowest BCUT2D eigenvalue weighted by atomic mass is 10.1. The molecular formula is C15H18BrFN2O4S. The van der Waals surface area contributed by atoms with Crippen LogP contribution in [0.1, 0.15) is 20.3 Å². The first kappa shape index (κ1) is 18.9. The quantitative estimate of drug-likeness (QED) is 0.671. The van der Waals surface area contributed by atoms with Gasteiger partial charge in [0.1, 0.15) is 5.82 Å². The maximum absolute atomic E-state index is 14.0. The predicted octanol–water partition coefficient (Wildman–Crippen LogP) is 2.69. The van der Waals surface area contributed by atoms with Gasteiger partial charge < -0.3 is 4.74 Å². The molecule has 132 valence electrons. The first-order chi connectivity index (χ1) is 11.1. The van der Waals surface area contributed by atoms with E-state index in [1.165, 1.54) is 17.8 Å². The van der Waals surface area contributed by atoms with Gasteiger partial charge in [0.25, 0.3) is 0 Å². The standard InChI is InChI=1S/C15H18BrFN2O4S/c1-4-23-14(20)15(2,24(3,21)22)7-8-19-9-10-12(18-19)6-5-11(16)13(10)17/h5-6,9H,4,7-8H2,1-3H3/t15-/m1/s1. The molecule has 0 spiro atoms. The Morgan fingerprint density at radius 3 is 2.71 bits per heavy atom. The van der Waals surface area contributed by atoms with E-state index >= 15 is 0 Å².